The van der Waals surface area contributed by atoms with Crippen molar-refractivity contribution in [3.05, 3.63) is 0 Å². The van der Waals surface area contributed by atoms with Crippen molar-refractivity contribution >= 4 is 0 Å². The molecule has 6 nitrogen and oxygen atoms in total. The first-order chi connectivity index (χ1) is 6.35. The maximum atomic E-state index is 5.37. The summed E-state index contributed by atoms with van der Waals surface area (Å²) < 4.78 is 0. The van der Waals surface area contributed by atoms with Crippen LogP contribution in [-0.4, -0.2) is 45.6 Å². The van der Waals surface area contributed by atoms with E-state index in [1.807, 2.05) is 0 Å². The fourth-order valence-electron chi connectivity index (χ4n) is 0.900. The Hall–Kier alpha value is -0.240. The van der Waals surface area contributed by atoms with E-state index in [1.54, 1.807) is 0 Å². The molecule has 0 aliphatic heterocycles. The molecule has 0 radical (unpaired) electrons. The number of rotatable bonds is 9. The van der Waals surface area contributed by atoms with Gasteiger partial charge in [0.2, 0.25) is 0 Å². The quantitative estimate of drug-likeness (QED) is 0.215. The third-order valence-electron chi connectivity index (χ3n) is 1.48. The first-order valence-corrected chi connectivity index (χ1v) is 4.65. The lowest BCUT2D eigenvalue weighted by Gasteiger charge is -2.20. The van der Waals surface area contributed by atoms with Crippen LogP contribution < -0.4 is 33.2 Å². The van der Waals surface area contributed by atoms with Gasteiger partial charge in [0.25, 0.3) is 0 Å². The lowest BCUT2D eigenvalue weighted by atomic mass is 10.5. The molecule has 9 N–H and O–H groups in total. The Labute approximate surface area is 79.6 Å². The minimum absolute atomic E-state index is 0.0515. The smallest absolute Gasteiger partial charge is 0.112 e. The first-order valence-electron chi connectivity index (χ1n) is 4.65. The Morgan fingerprint density at radius 2 is 1.00 bits per heavy atom. The molecule has 13 heavy (non-hydrogen) atoms. The fourth-order valence-corrected chi connectivity index (χ4v) is 0.900. The summed E-state index contributed by atoms with van der Waals surface area (Å²) in [7, 11) is 0. The third kappa shape index (κ3) is 8.10. The summed E-state index contributed by atoms with van der Waals surface area (Å²) in [4.78, 5) is 0. The summed E-state index contributed by atoms with van der Waals surface area (Å²) in [5.74, 6) is 0. The van der Waals surface area contributed by atoms with E-state index in [1.165, 1.54) is 0 Å². The van der Waals surface area contributed by atoms with E-state index >= 15 is 0 Å². The van der Waals surface area contributed by atoms with E-state index in [4.69, 9.17) is 17.2 Å². The van der Waals surface area contributed by atoms with Gasteiger partial charge in [-0.2, -0.15) is 0 Å². The molecule has 80 valence electrons. The maximum absolute atomic E-state index is 5.37. The second-order valence-corrected chi connectivity index (χ2v) is 2.66. The molecule has 0 saturated carbocycles. The van der Waals surface area contributed by atoms with E-state index < -0.39 is 0 Å². The predicted molar refractivity (Wildman–Crippen MR) is 55.0 cm³/mol. The molecule has 0 aliphatic rings. The van der Waals surface area contributed by atoms with Crippen molar-refractivity contribution in [1.29, 1.82) is 0 Å². The zero-order valence-corrected chi connectivity index (χ0v) is 8.05. The highest BCUT2D eigenvalue weighted by molar-refractivity contribution is 4.63. The second kappa shape index (κ2) is 9.85. The fraction of sp³-hybridized carbons (Fsp3) is 1.00. The zero-order valence-electron chi connectivity index (χ0n) is 8.05. The SMILES string of the molecule is NCCNC(NCCN)NCCN. The molecule has 0 aliphatic carbocycles. The molecule has 6 heteroatoms. The lowest BCUT2D eigenvalue weighted by Crippen LogP contribution is -2.55. The van der Waals surface area contributed by atoms with Crippen LogP contribution in [-0.2, 0) is 0 Å². The Morgan fingerprint density at radius 1 is 0.692 bits per heavy atom. The minimum atomic E-state index is 0.0515. The van der Waals surface area contributed by atoms with E-state index in [9.17, 15) is 0 Å². The normalized spacial score (nSPS) is 11.1. The van der Waals surface area contributed by atoms with E-state index in [0.29, 0.717) is 19.6 Å². The molecule has 0 heterocycles. The van der Waals surface area contributed by atoms with Gasteiger partial charge < -0.3 is 17.2 Å². The largest absolute Gasteiger partial charge is 0.329 e. The van der Waals surface area contributed by atoms with Crippen LogP contribution in [0.25, 0.3) is 0 Å². The zero-order chi connectivity index (χ0) is 9.94. The molecule has 0 aromatic heterocycles. The van der Waals surface area contributed by atoms with Crippen LogP contribution in [0.3, 0.4) is 0 Å². The van der Waals surface area contributed by atoms with Crippen molar-refractivity contribution < 1.29 is 0 Å². The van der Waals surface area contributed by atoms with E-state index in [-0.39, 0.29) is 6.29 Å². The summed E-state index contributed by atoms with van der Waals surface area (Å²) in [6, 6.07) is 0. The van der Waals surface area contributed by atoms with Crippen LogP contribution in [0.5, 0.6) is 0 Å². The van der Waals surface area contributed by atoms with Crippen molar-refractivity contribution in [2.24, 2.45) is 17.2 Å². The van der Waals surface area contributed by atoms with Crippen LogP contribution in [0.2, 0.25) is 0 Å². The van der Waals surface area contributed by atoms with Gasteiger partial charge in [-0.3, -0.25) is 16.0 Å². The summed E-state index contributed by atoms with van der Waals surface area (Å²) in [5.41, 5.74) is 16.1. The number of nitrogens with two attached hydrogens (primary N) is 3. The van der Waals surface area contributed by atoms with Crippen molar-refractivity contribution in [1.82, 2.24) is 16.0 Å². The number of hydrogen-bond donors (Lipinski definition) is 6. The number of hydrogen-bond acceptors (Lipinski definition) is 6. The Kier molecular flexibility index (Phi) is 9.66. The van der Waals surface area contributed by atoms with Crippen LogP contribution >= 0.6 is 0 Å². The molecule has 0 unspecified atom stereocenters. The van der Waals surface area contributed by atoms with Crippen LogP contribution in [0, 0.1) is 0 Å². The van der Waals surface area contributed by atoms with Gasteiger partial charge in [-0.05, 0) is 0 Å². The van der Waals surface area contributed by atoms with Crippen molar-refractivity contribution in [3.8, 4) is 0 Å². The van der Waals surface area contributed by atoms with Gasteiger partial charge in [0.1, 0.15) is 6.29 Å². The highest BCUT2D eigenvalue weighted by Gasteiger charge is 2.02. The van der Waals surface area contributed by atoms with Gasteiger partial charge in [0.05, 0.1) is 0 Å². The molecule has 0 spiro atoms. The van der Waals surface area contributed by atoms with Crippen LogP contribution in [0.15, 0.2) is 0 Å². The lowest BCUT2D eigenvalue weighted by molar-refractivity contribution is 0.366. The van der Waals surface area contributed by atoms with Gasteiger partial charge in [0.15, 0.2) is 0 Å². The minimum Gasteiger partial charge on any atom is -0.329 e. The summed E-state index contributed by atoms with van der Waals surface area (Å²) >= 11 is 0. The van der Waals surface area contributed by atoms with E-state index in [0.717, 1.165) is 19.6 Å². The molecule has 0 atom stereocenters. The van der Waals surface area contributed by atoms with Crippen molar-refractivity contribution in [3.63, 3.8) is 0 Å². The van der Waals surface area contributed by atoms with Crippen molar-refractivity contribution in [2.75, 3.05) is 39.3 Å². The topological polar surface area (TPSA) is 114 Å². The van der Waals surface area contributed by atoms with Crippen LogP contribution in [0.1, 0.15) is 0 Å². The Bertz CT molecular complexity index is 80.0. The highest BCUT2D eigenvalue weighted by atomic mass is 15.3. The summed E-state index contributed by atoms with van der Waals surface area (Å²) in [6.07, 6.45) is 0.0515. The predicted octanol–water partition coefficient (Wildman–Crippen LogP) is -3.09. The van der Waals surface area contributed by atoms with Gasteiger partial charge in [-0.1, -0.05) is 0 Å². The standard InChI is InChI=1S/C7H22N6/c8-1-4-11-7(12-5-2-9)13-6-3-10/h7,11-13H,1-6,8-10H2. The van der Waals surface area contributed by atoms with E-state index in [2.05, 4.69) is 16.0 Å². The molecule has 0 bridgehead atoms. The molecule has 0 rings (SSSR count). The van der Waals surface area contributed by atoms with Gasteiger partial charge in [-0.15, -0.1) is 0 Å². The average molecular weight is 190 g/mol. The van der Waals surface area contributed by atoms with Gasteiger partial charge >= 0.3 is 0 Å². The summed E-state index contributed by atoms with van der Waals surface area (Å²) in [6.45, 7) is 4.14. The van der Waals surface area contributed by atoms with Gasteiger partial charge in [-0.25, -0.2) is 0 Å². The number of nitrogens with one attached hydrogen (secondary N) is 3. The molecule has 0 amide bonds. The highest BCUT2D eigenvalue weighted by Crippen LogP contribution is 1.69. The maximum Gasteiger partial charge on any atom is 0.112 e. The van der Waals surface area contributed by atoms with Gasteiger partial charge in [0, 0.05) is 39.3 Å². The monoisotopic (exact) mass is 190 g/mol. The summed E-state index contributed by atoms with van der Waals surface area (Å²) in [5, 5.41) is 9.54. The van der Waals surface area contributed by atoms with Crippen LogP contribution in [0.4, 0.5) is 0 Å². The second-order valence-electron chi connectivity index (χ2n) is 2.66. The molecular formula is C7H22N6. The van der Waals surface area contributed by atoms with Crippen molar-refractivity contribution in [2.45, 2.75) is 6.29 Å². The molecular weight excluding hydrogens is 168 g/mol. The molecule has 0 aromatic rings. The molecule has 0 fully saturated rings. The average Bonchev–Trinajstić information content (AvgIpc) is 2.17. The first kappa shape index (κ1) is 12.8. The molecule has 0 saturated heterocycles. The Morgan fingerprint density at radius 3 is 1.23 bits per heavy atom. The Balaban J connectivity index is 3.47. The molecule has 0 aromatic carbocycles. The third-order valence-corrected chi connectivity index (χ3v) is 1.48.